The number of para-hydroxylation sites is 1. The quantitative estimate of drug-likeness (QED) is 0.626. The molecule has 1 saturated heterocycles. The lowest BCUT2D eigenvalue weighted by atomic mass is 10.1. The number of carbonyl (C=O) groups is 1. The second-order valence-corrected chi connectivity index (χ2v) is 8.68. The highest BCUT2D eigenvalue weighted by molar-refractivity contribution is 7.18. The second kappa shape index (κ2) is 7.65. The molecule has 0 spiro atoms. The predicted octanol–water partition coefficient (Wildman–Crippen LogP) is 4.84. The Morgan fingerprint density at radius 3 is 2.55 bits per heavy atom. The van der Waals surface area contributed by atoms with Crippen molar-refractivity contribution in [3.63, 3.8) is 0 Å². The Hall–Kier alpha value is -2.63. The third-order valence-corrected chi connectivity index (χ3v) is 6.92. The summed E-state index contributed by atoms with van der Waals surface area (Å²) in [6, 6.07) is 20.9. The summed E-state index contributed by atoms with van der Waals surface area (Å²) in [6.45, 7) is 5.30. The predicted molar refractivity (Wildman–Crippen MR) is 119 cm³/mol. The van der Waals surface area contributed by atoms with E-state index in [1.807, 2.05) is 17.0 Å². The summed E-state index contributed by atoms with van der Waals surface area (Å²) in [7, 11) is 0. The van der Waals surface area contributed by atoms with E-state index < -0.39 is 0 Å². The molecule has 1 amide bonds. The third-order valence-electron chi connectivity index (χ3n) is 5.73. The molecular weight excluding hydrogens is 380 g/mol. The first kappa shape index (κ1) is 18.4. The topological polar surface area (TPSA) is 32.8 Å². The van der Waals surface area contributed by atoms with Crippen molar-refractivity contribution in [3.05, 3.63) is 71.1 Å². The number of fused-ring (bicyclic) bond motifs is 1. The normalized spacial score (nSPS) is 18.7. The molecule has 2 aliphatic heterocycles. The molecule has 0 radical (unpaired) electrons. The van der Waals surface area contributed by atoms with Gasteiger partial charge in [-0.25, -0.2) is 0 Å². The molecule has 0 bridgehead atoms. The summed E-state index contributed by atoms with van der Waals surface area (Å²) >= 11 is 1.61. The van der Waals surface area contributed by atoms with Crippen LogP contribution in [0.15, 0.2) is 60.7 Å². The van der Waals surface area contributed by atoms with Crippen LogP contribution in [0.25, 0.3) is 11.1 Å². The van der Waals surface area contributed by atoms with Crippen LogP contribution in [-0.2, 0) is 11.2 Å². The Bertz CT molecular complexity index is 1020. The van der Waals surface area contributed by atoms with E-state index in [-0.39, 0.29) is 11.9 Å². The SMILES string of the molecule is CC1Cc2ccccc2N1C(=O)c1cc(-c2ccccc2)c(N2CCOCC2)s1. The zero-order valence-electron chi connectivity index (χ0n) is 16.5. The Labute approximate surface area is 175 Å². The van der Waals surface area contributed by atoms with Crippen molar-refractivity contribution in [1.82, 2.24) is 0 Å². The molecule has 1 fully saturated rings. The molecule has 2 aliphatic rings. The minimum atomic E-state index is 0.101. The number of nitrogens with zero attached hydrogens (tertiary/aromatic N) is 2. The zero-order chi connectivity index (χ0) is 19.8. The minimum Gasteiger partial charge on any atom is -0.378 e. The average molecular weight is 405 g/mol. The van der Waals surface area contributed by atoms with E-state index in [9.17, 15) is 4.79 Å². The van der Waals surface area contributed by atoms with Crippen molar-refractivity contribution < 1.29 is 9.53 Å². The van der Waals surface area contributed by atoms with Crippen LogP contribution in [0.1, 0.15) is 22.2 Å². The van der Waals surface area contributed by atoms with E-state index in [0.717, 1.165) is 54.4 Å². The number of anilines is 2. The van der Waals surface area contributed by atoms with Gasteiger partial charge in [-0.3, -0.25) is 4.79 Å². The molecule has 1 unspecified atom stereocenters. The summed E-state index contributed by atoms with van der Waals surface area (Å²) in [6.07, 6.45) is 0.912. The number of ether oxygens (including phenoxy) is 1. The van der Waals surface area contributed by atoms with E-state index in [0.29, 0.717) is 0 Å². The highest BCUT2D eigenvalue weighted by Crippen LogP contribution is 2.41. The molecule has 1 atom stereocenters. The van der Waals surface area contributed by atoms with Crippen molar-refractivity contribution in [1.29, 1.82) is 0 Å². The van der Waals surface area contributed by atoms with Gasteiger partial charge in [0.25, 0.3) is 5.91 Å². The van der Waals surface area contributed by atoms with E-state index in [1.54, 1.807) is 11.3 Å². The fourth-order valence-corrected chi connectivity index (χ4v) is 5.48. The van der Waals surface area contributed by atoms with Gasteiger partial charge in [0.15, 0.2) is 0 Å². The smallest absolute Gasteiger partial charge is 0.268 e. The zero-order valence-corrected chi connectivity index (χ0v) is 17.3. The van der Waals surface area contributed by atoms with Gasteiger partial charge in [0, 0.05) is 30.4 Å². The lowest BCUT2D eigenvalue weighted by molar-refractivity contribution is 0.0985. The van der Waals surface area contributed by atoms with Crippen molar-refractivity contribution >= 4 is 27.9 Å². The molecule has 0 N–H and O–H groups in total. The molecule has 3 aromatic rings. The van der Waals surface area contributed by atoms with Crippen LogP contribution in [0.3, 0.4) is 0 Å². The van der Waals surface area contributed by atoms with E-state index >= 15 is 0 Å². The molecule has 0 aliphatic carbocycles. The van der Waals surface area contributed by atoms with E-state index in [1.165, 1.54) is 10.6 Å². The molecule has 4 nitrogen and oxygen atoms in total. The largest absolute Gasteiger partial charge is 0.378 e. The number of hydrogen-bond acceptors (Lipinski definition) is 4. The number of morpholine rings is 1. The highest BCUT2D eigenvalue weighted by atomic mass is 32.1. The number of carbonyl (C=O) groups excluding carboxylic acids is 1. The number of rotatable bonds is 3. The van der Waals surface area contributed by atoms with Crippen LogP contribution in [0, 0.1) is 0 Å². The summed E-state index contributed by atoms with van der Waals surface area (Å²) < 4.78 is 5.54. The summed E-state index contributed by atoms with van der Waals surface area (Å²) in [5, 5.41) is 1.17. The number of thiophene rings is 1. The first-order valence-corrected chi connectivity index (χ1v) is 11.0. The van der Waals surface area contributed by atoms with Gasteiger partial charge in [0.1, 0.15) is 0 Å². The first-order chi connectivity index (χ1) is 14.2. The van der Waals surface area contributed by atoms with Gasteiger partial charge in [0.05, 0.1) is 23.1 Å². The highest BCUT2D eigenvalue weighted by Gasteiger charge is 2.33. The average Bonchev–Trinajstić information content (AvgIpc) is 3.35. The first-order valence-electron chi connectivity index (χ1n) is 10.2. The molecule has 3 heterocycles. The Morgan fingerprint density at radius 2 is 1.76 bits per heavy atom. The van der Waals surface area contributed by atoms with E-state index in [4.69, 9.17) is 4.74 Å². The molecule has 148 valence electrons. The van der Waals surface area contributed by atoms with Crippen LogP contribution in [0.2, 0.25) is 0 Å². The summed E-state index contributed by atoms with van der Waals surface area (Å²) in [4.78, 5) is 18.7. The molecule has 0 saturated carbocycles. The van der Waals surface area contributed by atoms with Crippen LogP contribution in [-0.4, -0.2) is 38.3 Å². The fourth-order valence-electron chi connectivity index (χ4n) is 4.31. The molecule has 5 heteroatoms. The van der Waals surface area contributed by atoms with Crippen LogP contribution < -0.4 is 9.80 Å². The lowest BCUT2D eigenvalue weighted by Crippen LogP contribution is -2.36. The second-order valence-electron chi connectivity index (χ2n) is 7.65. The number of amides is 1. The molecule has 2 aromatic carbocycles. The maximum atomic E-state index is 13.6. The van der Waals surface area contributed by atoms with Crippen LogP contribution >= 0.6 is 11.3 Å². The molecular formula is C24H24N2O2S. The van der Waals surface area contributed by atoms with Crippen LogP contribution in [0.4, 0.5) is 10.7 Å². The molecule has 1 aromatic heterocycles. The lowest BCUT2D eigenvalue weighted by Gasteiger charge is -2.28. The maximum Gasteiger partial charge on any atom is 0.268 e. The monoisotopic (exact) mass is 404 g/mol. The number of benzene rings is 2. The molecule has 5 rings (SSSR count). The van der Waals surface area contributed by atoms with E-state index in [2.05, 4.69) is 60.4 Å². The van der Waals surface area contributed by atoms with Gasteiger partial charge < -0.3 is 14.5 Å². The van der Waals surface area contributed by atoms with Gasteiger partial charge in [-0.1, -0.05) is 48.5 Å². The Balaban J connectivity index is 1.55. The standard InChI is InChI=1S/C24H24N2O2S/c1-17-15-19-9-5-6-10-21(19)26(17)23(27)22-16-20(18-7-3-2-4-8-18)24(29-22)25-11-13-28-14-12-25/h2-10,16-17H,11-15H2,1H3. The fraction of sp³-hybridized carbons (Fsp3) is 0.292. The Kier molecular flexibility index (Phi) is 4.86. The van der Waals surface area contributed by atoms with Gasteiger partial charge in [-0.15, -0.1) is 11.3 Å². The van der Waals surface area contributed by atoms with Crippen molar-refractivity contribution in [3.8, 4) is 11.1 Å². The van der Waals surface area contributed by atoms with Gasteiger partial charge >= 0.3 is 0 Å². The van der Waals surface area contributed by atoms with Crippen molar-refractivity contribution in [2.45, 2.75) is 19.4 Å². The van der Waals surface area contributed by atoms with Gasteiger partial charge in [0.2, 0.25) is 0 Å². The molecule has 29 heavy (non-hydrogen) atoms. The van der Waals surface area contributed by atoms with Gasteiger partial charge in [-0.2, -0.15) is 0 Å². The third kappa shape index (κ3) is 3.34. The van der Waals surface area contributed by atoms with Gasteiger partial charge in [-0.05, 0) is 36.6 Å². The maximum absolute atomic E-state index is 13.6. The summed E-state index contributed by atoms with van der Waals surface area (Å²) in [5.74, 6) is 0.101. The van der Waals surface area contributed by atoms with Crippen molar-refractivity contribution in [2.75, 3.05) is 36.1 Å². The number of hydrogen-bond donors (Lipinski definition) is 0. The Morgan fingerprint density at radius 1 is 1.03 bits per heavy atom. The minimum absolute atomic E-state index is 0.101. The summed E-state index contributed by atoms with van der Waals surface area (Å²) in [5.41, 5.74) is 4.59. The van der Waals surface area contributed by atoms with Crippen molar-refractivity contribution in [2.24, 2.45) is 0 Å². The van der Waals surface area contributed by atoms with Crippen LogP contribution in [0.5, 0.6) is 0 Å².